The number of benzene rings is 2. The van der Waals surface area contributed by atoms with E-state index in [1.54, 1.807) is 6.07 Å². The first kappa shape index (κ1) is 14.5. The predicted molar refractivity (Wildman–Crippen MR) is 87.4 cm³/mol. The van der Waals surface area contributed by atoms with Crippen molar-refractivity contribution in [3.8, 4) is 0 Å². The van der Waals surface area contributed by atoms with Gasteiger partial charge in [-0.2, -0.15) is 0 Å². The molecular weight excluding hydrogens is 278 g/mol. The third-order valence-electron chi connectivity index (χ3n) is 3.98. The summed E-state index contributed by atoms with van der Waals surface area (Å²) in [5, 5.41) is 14.6. The molecule has 1 N–H and O–H groups in total. The summed E-state index contributed by atoms with van der Waals surface area (Å²) in [5.41, 5.74) is 3.12. The molecule has 0 atom stereocenters. The second kappa shape index (κ2) is 6.58. The number of hydrogen-bond donors (Lipinski definition) is 1. The molecule has 1 aliphatic rings. The molecule has 1 saturated heterocycles. The first-order valence-electron chi connectivity index (χ1n) is 7.51. The molecule has 0 unspecified atom stereocenters. The second-order valence-corrected chi connectivity index (χ2v) is 5.47. The lowest BCUT2D eigenvalue weighted by Crippen LogP contribution is -2.43. The van der Waals surface area contributed by atoms with Crippen LogP contribution in [-0.4, -0.2) is 31.1 Å². The van der Waals surface area contributed by atoms with Crippen molar-refractivity contribution in [2.45, 2.75) is 6.42 Å². The molecule has 3 rings (SSSR count). The minimum Gasteiger partial charge on any atom is -0.369 e. The van der Waals surface area contributed by atoms with Crippen LogP contribution in [0, 0.1) is 10.1 Å². The number of piperazine rings is 1. The van der Waals surface area contributed by atoms with Crippen molar-refractivity contribution < 1.29 is 4.92 Å². The molecule has 0 saturated carbocycles. The number of nitro groups is 1. The van der Waals surface area contributed by atoms with E-state index in [0.29, 0.717) is 6.42 Å². The quantitative estimate of drug-likeness (QED) is 0.696. The van der Waals surface area contributed by atoms with Crippen molar-refractivity contribution in [3.05, 3.63) is 69.8 Å². The van der Waals surface area contributed by atoms with E-state index in [0.717, 1.165) is 43.0 Å². The summed E-state index contributed by atoms with van der Waals surface area (Å²) in [4.78, 5) is 13.3. The highest BCUT2D eigenvalue weighted by molar-refractivity contribution is 5.57. The van der Waals surface area contributed by atoms with Gasteiger partial charge in [0, 0.05) is 49.9 Å². The Morgan fingerprint density at radius 3 is 2.50 bits per heavy atom. The van der Waals surface area contributed by atoms with E-state index in [1.807, 2.05) is 42.5 Å². The van der Waals surface area contributed by atoms with Crippen LogP contribution in [0.3, 0.4) is 0 Å². The van der Waals surface area contributed by atoms with E-state index >= 15 is 0 Å². The molecule has 0 spiro atoms. The third kappa shape index (κ3) is 3.26. The fourth-order valence-corrected chi connectivity index (χ4v) is 2.83. The van der Waals surface area contributed by atoms with E-state index in [9.17, 15) is 10.1 Å². The van der Waals surface area contributed by atoms with Gasteiger partial charge in [-0.05, 0) is 17.7 Å². The van der Waals surface area contributed by atoms with Crippen LogP contribution in [0.4, 0.5) is 11.4 Å². The van der Waals surface area contributed by atoms with Crippen LogP contribution in [0.2, 0.25) is 0 Å². The summed E-state index contributed by atoms with van der Waals surface area (Å²) >= 11 is 0. The van der Waals surface area contributed by atoms with Crippen LogP contribution >= 0.6 is 0 Å². The summed E-state index contributed by atoms with van der Waals surface area (Å²) in [5.74, 6) is 0. The summed E-state index contributed by atoms with van der Waals surface area (Å²) in [6.45, 7) is 3.77. The number of nitrogens with one attached hydrogen (secondary N) is 1. The molecule has 2 aromatic carbocycles. The topological polar surface area (TPSA) is 58.4 Å². The Kier molecular flexibility index (Phi) is 4.34. The molecule has 1 aliphatic heterocycles. The summed E-state index contributed by atoms with van der Waals surface area (Å²) < 4.78 is 0. The Bertz CT molecular complexity index is 652. The van der Waals surface area contributed by atoms with Crippen LogP contribution in [-0.2, 0) is 6.42 Å². The van der Waals surface area contributed by atoms with Gasteiger partial charge < -0.3 is 10.2 Å². The van der Waals surface area contributed by atoms with E-state index < -0.39 is 0 Å². The monoisotopic (exact) mass is 297 g/mol. The van der Waals surface area contributed by atoms with Crippen molar-refractivity contribution in [3.63, 3.8) is 0 Å². The molecule has 0 aromatic heterocycles. The Hall–Kier alpha value is -2.40. The molecular formula is C17H19N3O2. The molecule has 0 radical (unpaired) electrons. The maximum absolute atomic E-state index is 11.3. The lowest BCUT2D eigenvalue weighted by atomic mass is 10.0. The number of rotatable bonds is 4. The average Bonchev–Trinajstić information content (AvgIpc) is 2.56. The van der Waals surface area contributed by atoms with E-state index in [2.05, 4.69) is 10.2 Å². The fraction of sp³-hybridized carbons (Fsp3) is 0.294. The third-order valence-corrected chi connectivity index (χ3v) is 3.98. The Balaban J connectivity index is 1.92. The number of nitrogens with zero attached hydrogens (tertiary/aromatic N) is 2. The highest BCUT2D eigenvalue weighted by Gasteiger charge is 2.17. The molecule has 0 amide bonds. The van der Waals surface area contributed by atoms with Crippen LogP contribution in [0.25, 0.3) is 0 Å². The first-order valence-corrected chi connectivity index (χ1v) is 7.51. The summed E-state index contributed by atoms with van der Waals surface area (Å²) in [6, 6.07) is 15.3. The van der Waals surface area contributed by atoms with Crippen molar-refractivity contribution in [1.82, 2.24) is 5.32 Å². The zero-order valence-electron chi connectivity index (χ0n) is 12.4. The van der Waals surface area contributed by atoms with Gasteiger partial charge in [-0.25, -0.2) is 0 Å². The van der Waals surface area contributed by atoms with Crippen molar-refractivity contribution in [1.29, 1.82) is 0 Å². The fourth-order valence-electron chi connectivity index (χ4n) is 2.83. The van der Waals surface area contributed by atoms with Crippen molar-refractivity contribution >= 4 is 11.4 Å². The summed E-state index contributed by atoms with van der Waals surface area (Å²) in [6.07, 6.45) is 0.580. The number of anilines is 1. The predicted octanol–water partition coefficient (Wildman–Crippen LogP) is 2.60. The molecule has 1 heterocycles. The Morgan fingerprint density at radius 1 is 1.09 bits per heavy atom. The van der Waals surface area contributed by atoms with Crippen LogP contribution in [0.1, 0.15) is 11.1 Å². The molecule has 5 nitrogen and oxygen atoms in total. The highest BCUT2D eigenvalue weighted by atomic mass is 16.6. The standard InChI is InChI=1S/C17H19N3O2/c21-20(22)17-7-6-16(19-10-8-18-9-11-19)13-15(17)12-14-4-2-1-3-5-14/h1-7,13,18H,8-12H2. The van der Waals surface area contributed by atoms with Gasteiger partial charge in [0.1, 0.15) is 0 Å². The normalized spacial score (nSPS) is 14.8. The van der Waals surface area contributed by atoms with Gasteiger partial charge in [0.15, 0.2) is 0 Å². The first-order chi connectivity index (χ1) is 10.7. The molecule has 2 aromatic rings. The maximum atomic E-state index is 11.3. The minimum absolute atomic E-state index is 0.197. The van der Waals surface area contributed by atoms with Gasteiger partial charge in [0.05, 0.1) is 4.92 Å². The molecule has 0 bridgehead atoms. The van der Waals surface area contributed by atoms with Gasteiger partial charge >= 0.3 is 0 Å². The lowest BCUT2D eigenvalue weighted by molar-refractivity contribution is -0.385. The lowest BCUT2D eigenvalue weighted by Gasteiger charge is -2.29. The molecule has 5 heteroatoms. The minimum atomic E-state index is -0.292. The van der Waals surface area contributed by atoms with Gasteiger partial charge in [0.2, 0.25) is 0 Å². The van der Waals surface area contributed by atoms with E-state index in [1.165, 1.54) is 0 Å². The Labute approximate surface area is 129 Å². The van der Waals surface area contributed by atoms with E-state index in [-0.39, 0.29) is 10.6 Å². The average molecular weight is 297 g/mol. The molecule has 0 aliphatic carbocycles. The van der Waals surface area contributed by atoms with Crippen molar-refractivity contribution in [2.75, 3.05) is 31.1 Å². The van der Waals surface area contributed by atoms with E-state index in [4.69, 9.17) is 0 Å². The van der Waals surface area contributed by atoms with Crippen molar-refractivity contribution in [2.24, 2.45) is 0 Å². The zero-order valence-corrected chi connectivity index (χ0v) is 12.4. The largest absolute Gasteiger partial charge is 0.369 e. The molecule has 1 fully saturated rings. The Morgan fingerprint density at radius 2 is 1.82 bits per heavy atom. The SMILES string of the molecule is O=[N+]([O-])c1ccc(N2CCNCC2)cc1Cc1ccccc1. The van der Waals surface area contributed by atoms with Crippen LogP contribution in [0.15, 0.2) is 48.5 Å². The van der Waals surface area contributed by atoms with Gasteiger partial charge in [0.25, 0.3) is 5.69 Å². The molecule has 22 heavy (non-hydrogen) atoms. The van der Waals surface area contributed by atoms with Crippen LogP contribution in [0.5, 0.6) is 0 Å². The zero-order chi connectivity index (χ0) is 15.4. The number of nitro benzene ring substituents is 1. The smallest absolute Gasteiger partial charge is 0.273 e. The van der Waals surface area contributed by atoms with Gasteiger partial charge in [-0.3, -0.25) is 10.1 Å². The maximum Gasteiger partial charge on any atom is 0.273 e. The molecule has 114 valence electrons. The van der Waals surface area contributed by atoms with Gasteiger partial charge in [-0.15, -0.1) is 0 Å². The second-order valence-electron chi connectivity index (χ2n) is 5.47. The highest BCUT2D eigenvalue weighted by Crippen LogP contribution is 2.27. The van der Waals surface area contributed by atoms with Crippen LogP contribution < -0.4 is 10.2 Å². The number of hydrogen-bond acceptors (Lipinski definition) is 4. The summed E-state index contributed by atoms with van der Waals surface area (Å²) in [7, 11) is 0. The van der Waals surface area contributed by atoms with Gasteiger partial charge in [-0.1, -0.05) is 30.3 Å².